The SMILES string of the molecule is Nc1ncnc(C(=O)NCc2ncc(C(=O)Nc3ccc(Cl)c(C(F)(F)F)c3)s2)c1CNCCCN1CCOCC1. The number of aromatic nitrogens is 3. The molecule has 1 aromatic carbocycles. The van der Waals surface area contributed by atoms with E-state index in [1.807, 2.05) is 0 Å². The number of hydrogen-bond donors (Lipinski definition) is 4. The monoisotopic (exact) mass is 612 g/mol. The van der Waals surface area contributed by atoms with Gasteiger partial charge in [0.25, 0.3) is 11.8 Å². The minimum absolute atomic E-state index is 0.00767. The van der Waals surface area contributed by atoms with Crippen molar-refractivity contribution in [1.29, 1.82) is 0 Å². The number of morpholine rings is 1. The third kappa shape index (κ3) is 8.56. The Kier molecular flexibility index (Phi) is 10.4. The molecule has 2 aromatic heterocycles. The number of hydrogen-bond acceptors (Lipinski definition) is 10. The lowest BCUT2D eigenvalue weighted by Gasteiger charge is -2.26. The Labute approximate surface area is 242 Å². The highest BCUT2D eigenvalue weighted by Crippen LogP contribution is 2.36. The number of nitrogen functional groups attached to an aromatic ring is 1. The lowest BCUT2D eigenvalue weighted by molar-refractivity contribution is -0.137. The van der Waals surface area contributed by atoms with Gasteiger partial charge in [-0.1, -0.05) is 11.6 Å². The second-order valence-electron chi connectivity index (χ2n) is 9.02. The van der Waals surface area contributed by atoms with Crippen LogP contribution >= 0.6 is 22.9 Å². The van der Waals surface area contributed by atoms with Crippen LogP contribution in [0.4, 0.5) is 24.7 Å². The first-order chi connectivity index (χ1) is 19.6. The number of nitrogens with two attached hydrogens (primary N) is 1. The molecule has 4 rings (SSSR count). The largest absolute Gasteiger partial charge is 0.417 e. The van der Waals surface area contributed by atoms with E-state index in [2.05, 4.69) is 35.8 Å². The van der Waals surface area contributed by atoms with Gasteiger partial charge >= 0.3 is 6.18 Å². The molecule has 1 aliphatic heterocycles. The molecule has 0 bridgehead atoms. The van der Waals surface area contributed by atoms with Gasteiger partial charge in [-0.3, -0.25) is 14.5 Å². The topological polar surface area (TPSA) is 147 Å². The van der Waals surface area contributed by atoms with Crippen LogP contribution in [0.15, 0.2) is 30.7 Å². The number of benzene rings is 1. The number of ether oxygens (including phenoxy) is 1. The third-order valence-corrected chi connectivity index (χ3v) is 7.46. The molecule has 1 fully saturated rings. The molecule has 3 aromatic rings. The van der Waals surface area contributed by atoms with Crippen LogP contribution < -0.4 is 21.7 Å². The number of alkyl halides is 3. The molecule has 41 heavy (non-hydrogen) atoms. The first kappa shape index (κ1) is 30.6. The number of carbonyl (C=O) groups excluding carboxylic acids is 2. The summed E-state index contributed by atoms with van der Waals surface area (Å²) in [4.78, 5) is 40.2. The van der Waals surface area contributed by atoms with Crippen molar-refractivity contribution in [2.75, 3.05) is 50.4 Å². The predicted octanol–water partition coefficient (Wildman–Crippen LogP) is 3.18. The summed E-state index contributed by atoms with van der Waals surface area (Å²) in [6.45, 7) is 5.27. The Morgan fingerprint density at radius 2 is 1.90 bits per heavy atom. The van der Waals surface area contributed by atoms with E-state index in [0.29, 0.717) is 23.7 Å². The van der Waals surface area contributed by atoms with Crippen molar-refractivity contribution in [3.05, 3.63) is 62.5 Å². The highest BCUT2D eigenvalue weighted by molar-refractivity contribution is 7.13. The Morgan fingerprint density at radius 3 is 2.66 bits per heavy atom. The van der Waals surface area contributed by atoms with E-state index in [1.165, 1.54) is 18.6 Å². The van der Waals surface area contributed by atoms with Gasteiger partial charge in [-0.05, 0) is 37.7 Å². The number of carbonyl (C=O) groups is 2. The van der Waals surface area contributed by atoms with Crippen molar-refractivity contribution in [2.24, 2.45) is 0 Å². The minimum atomic E-state index is -4.67. The number of rotatable bonds is 11. The summed E-state index contributed by atoms with van der Waals surface area (Å²) in [6.07, 6.45) is -1.27. The lowest BCUT2D eigenvalue weighted by atomic mass is 10.2. The van der Waals surface area contributed by atoms with E-state index in [-0.39, 0.29) is 28.6 Å². The summed E-state index contributed by atoms with van der Waals surface area (Å²) in [5.74, 6) is -0.956. The van der Waals surface area contributed by atoms with E-state index in [0.717, 1.165) is 62.7 Å². The predicted molar refractivity (Wildman–Crippen MR) is 148 cm³/mol. The van der Waals surface area contributed by atoms with Crippen molar-refractivity contribution in [3.63, 3.8) is 0 Å². The van der Waals surface area contributed by atoms with Gasteiger partial charge in [0.2, 0.25) is 0 Å². The molecule has 220 valence electrons. The van der Waals surface area contributed by atoms with Crippen LogP contribution in [0.25, 0.3) is 0 Å². The van der Waals surface area contributed by atoms with E-state index >= 15 is 0 Å². The molecule has 0 saturated carbocycles. The fraction of sp³-hybridized carbons (Fsp3) is 0.400. The number of thiazole rings is 1. The molecule has 0 spiro atoms. The summed E-state index contributed by atoms with van der Waals surface area (Å²) < 4.78 is 44.7. The molecule has 0 unspecified atom stereocenters. The highest BCUT2D eigenvalue weighted by atomic mass is 35.5. The number of halogens is 4. The summed E-state index contributed by atoms with van der Waals surface area (Å²) >= 11 is 6.61. The molecule has 3 heterocycles. The van der Waals surface area contributed by atoms with Gasteiger partial charge < -0.3 is 26.4 Å². The molecular formula is C25H28ClF3N8O3S. The van der Waals surface area contributed by atoms with Crippen LogP contribution in [0.5, 0.6) is 0 Å². The Morgan fingerprint density at radius 1 is 1.12 bits per heavy atom. The maximum atomic E-state index is 13.1. The van der Waals surface area contributed by atoms with Gasteiger partial charge in [-0.2, -0.15) is 13.2 Å². The van der Waals surface area contributed by atoms with Crippen molar-refractivity contribution in [1.82, 2.24) is 30.5 Å². The molecule has 5 N–H and O–H groups in total. The van der Waals surface area contributed by atoms with Crippen molar-refractivity contribution in [3.8, 4) is 0 Å². The minimum Gasteiger partial charge on any atom is -0.383 e. The first-order valence-electron chi connectivity index (χ1n) is 12.6. The quantitative estimate of drug-likeness (QED) is 0.240. The number of nitrogens with zero attached hydrogens (tertiary/aromatic N) is 4. The summed E-state index contributed by atoms with van der Waals surface area (Å²) in [6, 6.07) is 3.08. The van der Waals surface area contributed by atoms with Gasteiger partial charge in [0.1, 0.15) is 27.7 Å². The molecule has 0 aliphatic carbocycles. The van der Waals surface area contributed by atoms with Gasteiger partial charge in [0, 0.05) is 30.9 Å². The second kappa shape index (κ2) is 14.0. The van der Waals surface area contributed by atoms with Crippen LogP contribution in [0.1, 0.15) is 42.7 Å². The zero-order chi connectivity index (χ0) is 29.4. The normalized spacial score (nSPS) is 14.1. The van der Waals surface area contributed by atoms with Crippen LogP contribution in [-0.2, 0) is 24.0 Å². The number of nitrogens with one attached hydrogen (secondary N) is 3. The second-order valence-corrected chi connectivity index (χ2v) is 10.5. The summed E-state index contributed by atoms with van der Waals surface area (Å²) in [7, 11) is 0. The van der Waals surface area contributed by atoms with Gasteiger partial charge in [-0.15, -0.1) is 11.3 Å². The van der Waals surface area contributed by atoms with Gasteiger partial charge in [0.15, 0.2) is 0 Å². The lowest BCUT2D eigenvalue weighted by Crippen LogP contribution is -2.37. The molecule has 0 atom stereocenters. The smallest absolute Gasteiger partial charge is 0.383 e. The average molecular weight is 613 g/mol. The third-order valence-electron chi connectivity index (χ3n) is 6.13. The van der Waals surface area contributed by atoms with E-state index < -0.39 is 28.6 Å². The van der Waals surface area contributed by atoms with Crippen LogP contribution in [0.3, 0.4) is 0 Å². The molecule has 0 radical (unpaired) electrons. The van der Waals surface area contributed by atoms with E-state index in [4.69, 9.17) is 22.1 Å². The molecule has 2 amide bonds. The Balaban J connectivity index is 1.29. The van der Waals surface area contributed by atoms with Gasteiger partial charge in [0.05, 0.1) is 36.5 Å². The van der Waals surface area contributed by atoms with E-state index in [9.17, 15) is 22.8 Å². The standard InChI is InChI=1S/C25H28ClF3N8O3S/c26-18-3-2-15(10-17(18)25(27,28)29)36-23(38)19-12-32-20(41-19)13-33-24(39)21-16(22(30)35-14-34-21)11-31-4-1-5-37-6-8-40-9-7-37/h2-3,10,12,14,31H,1,4-9,11,13H2,(H,33,39)(H,36,38)(H2,30,34,35). The zero-order valence-corrected chi connectivity index (χ0v) is 23.3. The van der Waals surface area contributed by atoms with E-state index in [1.54, 1.807) is 0 Å². The maximum Gasteiger partial charge on any atom is 0.417 e. The number of anilines is 2. The maximum absolute atomic E-state index is 13.1. The van der Waals surface area contributed by atoms with Crippen molar-refractivity contribution in [2.45, 2.75) is 25.7 Å². The van der Waals surface area contributed by atoms with Gasteiger partial charge in [-0.25, -0.2) is 15.0 Å². The molecular weight excluding hydrogens is 585 g/mol. The Bertz CT molecular complexity index is 1370. The zero-order valence-electron chi connectivity index (χ0n) is 21.8. The summed E-state index contributed by atoms with van der Waals surface area (Å²) in [5, 5.41) is 8.32. The van der Waals surface area contributed by atoms with Crippen LogP contribution in [-0.4, -0.2) is 71.1 Å². The first-order valence-corrected chi connectivity index (χ1v) is 13.8. The molecule has 1 aliphatic rings. The molecule has 1 saturated heterocycles. The molecule has 16 heteroatoms. The number of amides is 2. The van der Waals surface area contributed by atoms with Crippen LogP contribution in [0.2, 0.25) is 5.02 Å². The Hall–Kier alpha value is -3.37. The van der Waals surface area contributed by atoms with Crippen LogP contribution in [0, 0.1) is 0 Å². The van der Waals surface area contributed by atoms with Crippen molar-refractivity contribution < 1.29 is 27.5 Å². The molecule has 11 nitrogen and oxygen atoms in total. The fourth-order valence-electron chi connectivity index (χ4n) is 4.01. The summed E-state index contributed by atoms with van der Waals surface area (Å²) in [5.41, 5.74) is 5.48. The average Bonchev–Trinajstić information content (AvgIpc) is 3.42. The fourth-order valence-corrected chi connectivity index (χ4v) is 4.99. The van der Waals surface area contributed by atoms with Crippen molar-refractivity contribution >= 4 is 46.3 Å². The highest BCUT2D eigenvalue weighted by Gasteiger charge is 2.33.